The zero-order valence-corrected chi connectivity index (χ0v) is 23.8. The molecule has 3 N–H and O–H groups in total. The number of anilines is 1. The first-order valence-electron chi connectivity index (χ1n) is 13.2. The zero-order chi connectivity index (χ0) is 30.0. The summed E-state index contributed by atoms with van der Waals surface area (Å²) in [7, 11) is 3.48. The standard InChI is InChI=1S/C32H30N8O2/c1-6-15-34-30-28(29(33)37-39(30)5)31(41)36-21(3)26-17-24-11-8-10-23(14-13-22-18-35-38(4)19-22)27(24)32(42)40(26)25-12-7-9-20(2)16-25/h6-12,15-19,21H,1H2,2-5H3,(H2,33,37)(H,36,41)/b34-15-. The van der Waals surface area contributed by atoms with Crippen molar-refractivity contribution in [3.8, 4) is 17.5 Å². The van der Waals surface area contributed by atoms with Crippen LogP contribution >= 0.6 is 0 Å². The maximum Gasteiger partial charge on any atom is 0.264 e. The Morgan fingerprint density at radius 1 is 1.17 bits per heavy atom. The molecular formula is C32H30N8O2. The Morgan fingerprint density at radius 2 is 1.95 bits per heavy atom. The van der Waals surface area contributed by atoms with Gasteiger partial charge in [0.05, 0.1) is 23.2 Å². The van der Waals surface area contributed by atoms with Gasteiger partial charge in [0, 0.05) is 43.5 Å². The Labute approximate surface area is 242 Å². The number of aliphatic imine (C=N–C) groups is 1. The average molecular weight is 559 g/mol. The quantitative estimate of drug-likeness (QED) is 0.240. The predicted octanol–water partition coefficient (Wildman–Crippen LogP) is 4.13. The third kappa shape index (κ3) is 5.36. The summed E-state index contributed by atoms with van der Waals surface area (Å²) in [5.41, 5.74) is 9.56. The molecule has 0 aliphatic rings. The lowest BCUT2D eigenvalue weighted by Gasteiger charge is -2.21. The number of carbonyl (C=O) groups is 1. The molecule has 0 spiro atoms. The van der Waals surface area contributed by atoms with Crippen molar-refractivity contribution in [3.05, 3.63) is 112 Å². The minimum atomic E-state index is -0.601. The Kier molecular flexibility index (Phi) is 7.58. The summed E-state index contributed by atoms with van der Waals surface area (Å²) >= 11 is 0. The van der Waals surface area contributed by atoms with Crippen molar-refractivity contribution in [2.24, 2.45) is 19.1 Å². The van der Waals surface area contributed by atoms with E-state index >= 15 is 0 Å². The minimum absolute atomic E-state index is 0.0461. The lowest BCUT2D eigenvalue weighted by Crippen LogP contribution is -2.32. The Balaban J connectivity index is 1.65. The van der Waals surface area contributed by atoms with Crippen LogP contribution in [0.4, 0.5) is 11.6 Å². The van der Waals surface area contributed by atoms with Gasteiger partial charge in [-0.2, -0.15) is 10.2 Å². The van der Waals surface area contributed by atoms with Gasteiger partial charge in [0.15, 0.2) is 11.6 Å². The molecule has 0 bridgehead atoms. The number of hydrogen-bond acceptors (Lipinski definition) is 6. The molecule has 0 saturated carbocycles. The molecule has 0 aliphatic heterocycles. The van der Waals surface area contributed by atoms with Crippen LogP contribution in [-0.2, 0) is 14.1 Å². The third-order valence-electron chi connectivity index (χ3n) is 6.75. The minimum Gasteiger partial charge on any atom is -0.381 e. The normalized spacial score (nSPS) is 11.8. The molecule has 5 aromatic rings. The van der Waals surface area contributed by atoms with Crippen molar-refractivity contribution in [2.45, 2.75) is 19.9 Å². The second-order valence-electron chi connectivity index (χ2n) is 9.89. The molecular weight excluding hydrogens is 528 g/mol. The van der Waals surface area contributed by atoms with Crippen LogP contribution < -0.4 is 16.6 Å². The summed E-state index contributed by atoms with van der Waals surface area (Å²) in [5, 5.41) is 12.5. The van der Waals surface area contributed by atoms with Crippen molar-refractivity contribution in [2.75, 3.05) is 5.73 Å². The first-order chi connectivity index (χ1) is 20.2. The molecule has 3 aromatic heterocycles. The fraction of sp³-hybridized carbons (Fsp3) is 0.156. The number of amides is 1. The first kappa shape index (κ1) is 27.9. The highest BCUT2D eigenvalue weighted by molar-refractivity contribution is 6.03. The number of nitrogens with two attached hydrogens (primary N) is 1. The van der Waals surface area contributed by atoms with Gasteiger partial charge in [0.25, 0.3) is 11.5 Å². The van der Waals surface area contributed by atoms with Crippen LogP contribution in [-0.4, -0.2) is 36.2 Å². The maximum absolute atomic E-state index is 14.3. The van der Waals surface area contributed by atoms with E-state index in [9.17, 15) is 9.59 Å². The lowest BCUT2D eigenvalue weighted by molar-refractivity contribution is 0.0940. The van der Waals surface area contributed by atoms with E-state index in [2.05, 4.69) is 38.9 Å². The highest BCUT2D eigenvalue weighted by atomic mass is 16.2. The largest absolute Gasteiger partial charge is 0.381 e. The van der Waals surface area contributed by atoms with Gasteiger partial charge < -0.3 is 11.1 Å². The predicted molar refractivity (Wildman–Crippen MR) is 165 cm³/mol. The Hall–Kier alpha value is -5.69. The van der Waals surface area contributed by atoms with Crippen molar-refractivity contribution < 1.29 is 4.79 Å². The van der Waals surface area contributed by atoms with Gasteiger partial charge >= 0.3 is 0 Å². The Bertz CT molecular complexity index is 2000. The third-order valence-corrected chi connectivity index (χ3v) is 6.75. The number of benzene rings is 2. The number of rotatable bonds is 6. The molecule has 0 aliphatic carbocycles. The number of nitrogens with one attached hydrogen (secondary N) is 1. The number of fused-ring (bicyclic) bond motifs is 1. The number of aryl methyl sites for hydroxylation is 3. The van der Waals surface area contributed by atoms with Crippen molar-refractivity contribution >= 4 is 34.5 Å². The van der Waals surface area contributed by atoms with Gasteiger partial charge in [-0.1, -0.05) is 48.8 Å². The van der Waals surface area contributed by atoms with Gasteiger partial charge in [0.1, 0.15) is 5.56 Å². The molecule has 10 heteroatoms. The van der Waals surface area contributed by atoms with Crippen LogP contribution in [0, 0.1) is 18.8 Å². The number of pyridine rings is 1. The van der Waals surface area contributed by atoms with Crippen molar-refractivity contribution in [1.29, 1.82) is 0 Å². The number of nitrogen functional groups attached to an aromatic ring is 1. The smallest absolute Gasteiger partial charge is 0.264 e. The summed E-state index contributed by atoms with van der Waals surface area (Å²) in [6.45, 7) is 7.41. The van der Waals surface area contributed by atoms with E-state index in [1.807, 2.05) is 75.6 Å². The second kappa shape index (κ2) is 11.4. The number of allylic oxidation sites excluding steroid dienone is 1. The van der Waals surface area contributed by atoms with E-state index in [0.717, 1.165) is 11.1 Å². The van der Waals surface area contributed by atoms with Gasteiger partial charge in [-0.15, -0.1) is 0 Å². The topological polar surface area (TPSA) is 125 Å². The molecule has 42 heavy (non-hydrogen) atoms. The van der Waals surface area contributed by atoms with Gasteiger partial charge in [-0.25, -0.2) is 9.67 Å². The van der Waals surface area contributed by atoms with E-state index in [1.165, 1.54) is 17.0 Å². The number of carbonyl (C=O) groups excluding carboxylic acids is 1. The second-order valence-corrected chi connectivity index (χ2v) is 9.89. The maximum atomic E-state index is 14.3. The van der Waals surface area contributed by atoms with Gasteiger partial charge in [0.2, 0.25) is 0 Å². The van der Waals surface area contributed by atoms with Crippen LogP contribution in [0.3, 0.4) is 0 Å². The van der Waals surface area contributed by atoms with Crippen LogP contribution in [0.15, 0.2) is 83.4 Å². The molecule has 0 fully saturated rings. The summed E-state index contributed by atoms with van der Waals surface area (Å²) in [5.74, 6) is 6.13. The van der Waals surface area contributed by atoms with Gasteiger partial charge in [-0.3, -0.25) is 18.8 Å². The number of nitrogens with zero attached hydrogens (tertiary/aromatic N) is 6. The van der Waals surface area contributed by atoms with E-state index in [0.29, 0.717) is 33.5 Å². The van der Waals surface area contributed by atoms with E-state index < -0.39 is 11.9 Å². The number of hydrogen-bond donors (Lipinski definition) is 2. The van der Waals surface area contributed by atoms with E-state index in [-0.39, 0.29) is 16.9 Å². The molecule has 1 amide bonds. The molecule has 10 nitrogen and oxygen atoms in total. The highest BCUT2D eigenvalue weighted by Crippen LogP contribution is 2.27. The average Bonchev–Trinajstić information content (AvgIpc) is 3.50. The molecule has 0 saturated heterocycles. The van der Waals surface area contributed by atoms with Gasteiger partial charge in [-0.05, 0) is 49.1 Å². The molecule has 3 heterocycles. The fourth-order valence-corrected chi connectivity index (χ4v) is 4.83. The number of aromatic nitrogens is 5. The summed E-state index contributed by atoms with van der Waals surface area (Å²) < 4.78 is 4.73. The molecule has 0 radical (unpaired) electrons. The SMILES string of the molecule is C=C/C=N\c1c(C(=O)NC(C)c2cc3cccc(C#Cc4cnn(C)c4)c3c(=O)n2-c2cccc(C)c2)c(N)nn1C. The summed E-state index contributed by atoms with van der Waals surface area (Å²) in [6.07, 6.45) is 6.45. The van der Waals surface area contributed by atoms with Crippen molar-refractivity contribution in [3.63, 3.8) is 0 Å². The molecule has 1 unspecified atom stereocenters. The first-order valence-corrected chi connectivity index (χ1v) is 13.2. The zero-order valence-electron chi connectivity index (χ0n) is 23.8. The fourth-order valence-electron chi connectivity index (χ4n) is 4.83. The van der Waals surface area contributed by atoms with Crippen LogP contribution in [0.5, 0.6) is 0 Å². The van der Waals surface area contributed by atoms with Crippen molar-refractivity contribution in [1.82, 2.24) is 29.4 Å². The monoisotopic (exact) mass is 558 g/mol. The Morgan fingerprint density at radius 3 is 2.67 bits per heavy atom. The molecule has 5 rings (SSSR count). The molecule has 2 aromatic carbocycles. The van der Waals surface area contributed by atoms with Crippen LogP contribution in [0.2, 0.25) is 0 Å². The molecule has 210 valence electrons. The highest BCUT2D eigenvalue weighted by Gasteiger charge is 2.25. The van der Waals surface area contributed by atoms with Crippen LogP contribution in [0.1, 0.15) is 45.7 Å². The summed E-state index contributed by atoms with van der Waals surface area (Å²) in [6, 6.07) is 14.5. The lowest BCUT2D eigenvalue weighted by atomic mass is 10.0. The summed E-state index contributed by atoms with van der Waals surface area (Å²) in [4.78, 5) is 32.1. The van der Waals surface area contributed by atoms with E-state index in [1.54, 1.807) is 22.5 Å². The molecule has 1 atom stereocenters. The van der Waals surface area contributed by atoms with Crippen LogP contribution in [0.25, 0.3) is 16.5 Å². The van der Waals surface area contributed by atoms with E-state index in [4.69, 9.17) is 5.73 Å².